The van der Waals surface area contributed by atoms with Gasteiger partial charge in [-0.25, -0.2) is 9.59 Å². The number of carboxylic acids is 2. The van der Waals surface area contributed by atoms with Crippen molar-refractivity contribution in [2.24, 2.45) is 0 Å². The normalized spacial score (nSPS) is 22.8. The molecule has 0 spiro atoms. The van der Waals surface area contributed by atoms with Crippen molar-refractivity contribution in [1.82, 2.24) is 5.06 Å². The zero-order valence-corrected chi connectivity index (χ0v) is 11.0. The molecule has 0 unspecified atom stereocenters. The smallest absolute Gasteiger partial charge is 0.414 e. The summed E-state index contributed by atoms with van der Waals surface area (Å²) < 4.78 is 0. The molecule has 1 rings (SSSR count). The molecule has 7 heteroatoms. The third kappa shape index (κ3) is 4.59. The Labute approximate surface area is 106 Å². The van der Waals surface area contributed by atoms with Crippen LogP contribution in [-0.4, -0.2) is 54.7 Å². The molecular formula is C11H21NO6. The molecule has 0 bridgehead atoms. The Morgan fingerprint density at radius 1 is 1.00 bits per heavy atom. The van der Waals surface area contributed by atoms with Gasteiger partial charge in [-0.05, 0) is 40.5 Å². The predicted octanol–water partition coefficient (Wildman–Crippen LogP) is 0.545. The summed E-state index contributed by atoms with van der Waals surface area (Å²) in [6.45, 7) is 7.77. The van der Waals surface area contributed by atoms with Crippen LogP contribution in [0.15, 0.2) is 0 Å². The number of aliphatic hydroxyl groups is 1. The van der Waals surface area contributed by atoms with Crippen molar-refractivity contribution in [2.75, 3.05) is 0 Å². The van der Waals surface area contributed by atoms with Gasteiger partial charge in [-0.2, -0.15) is 5.06 Å². The number of aliphatic carboxylic acids is 2. The van der Waals surface area contributed by atoms with E-state index in [9.17, 15) is 10.3 Å². The Morgan fingerprint density at radius 3 is 1.50 bits per heavy atom. The monoisotopic (exact) mass is 263 g/mol. The second kappa shape index (κ2) is 5.64. The van der Waals surface area contributed by atoms with E-state index in [1.54, 1.807) is 0 Å². The number of hydrogen-bond acceptors (Lipinski definition) is 5. The molecule has 0 aromatic rings. The van der Waals surface area contributed by atoms with Crippen LogP contribution in [0.1, 0.15) is 40.5 Å². The second-order valence-corrected chi connectivity index (χ2v) is 5.61. The Hall–Kier alpha value is -1.18. The molecule has 0 amide bonds. The Balaban J connectivity index is 0.000000411. The molecule has 0 saturated carbocycles. The summed E-state index contributed by atoms with van der Waals surface area (Å²) in [5.41, 5.74) is -0.637. The Morgan fingerprint density at radius 2 is 1.28 bits per heavy atom. The molecule has 7 nitrogen and oxygen atoms in total. The van der Waals surface area contributed by atoms with Crippen molar-refractivity contribution in [3.63, 3.8) is 0 Å². The second-order valence-electron chi connectivity index (χ2n) is 5.61. The molecule has 1 saturated heterocycles. The highest BCUT2D eigenvalue weighted by atomic mass is 16.5. The summed E-state index contributed by atoms with van der Waals surface area (Å²) in [6, 6.07) is 0. The summed E-state index contributed by atoms with van der Waals surface area (Å²) in [5, 5.41) is 35.5. The molecular weight excluding hydrogens is 242 g/mol. The van der Waals surface area contributed by atoms with Gasteiger partial charge in [0.25, 0.3) is 0 Å². The molecule has 1 aliphatic rings. The molecule has 1 fully saturated rings. The number of carbonyl (C=O) groups is 2. The first-order chi connectivity index (χ1) is 7.90. The molecule has 0 radical (unpaired) electrons. The van der Waals surface area contributed by atoms with Crippen molar-refractivity contribution in [2.45, 2.75) is 57.7 Å². The van der Waals surface area contributed by atoms with Crippen LogP contribution in [0.4, 0.5) is 0 Å². The SMILES string of the molecule is CC1(C)CC(O)CC(C)(C)N1O.O=C(O)C(=O)O. The number of hydroxylamine groups is 2. The summed E-state index contributed by atoms with van der Waals surface area (Å²) in [5.74, 6) is -3.65. The van der Waals surface area contributed by atoms with E-state index >= 15 is 0 Å². The van der Waals surface area contributed by atoms with Crippen molar-refractivity contribution in [3.05, 3.63) is 0 Å². The molecule has 0 aromatic heterocycles. The van der Waals surface area contributed by atoms with Crippen LogP contribution in [0.2, 0.25) is 0 Å². The number of hydrogen-bond donors (Lipinski definition) is 4. The van der Waals surface area contributed by atoms with Gasteiger partial charge in [-0.1, -0.05) is 0 Å². The third-order valence-corrected chi connectivity index (χ3v) is 2.80. The van der Waals surface area contributed by atoms with Crippen LogP contribution in [0.3, 0.4) is 0 Å². The standard InChI is InChI=1S/C9H19NO2.C2H2O4/c1-8(2)5-7(11)6-9(3,4)10(8)12;3-1(4)2(5)6/h7,11-12H,5-6H2,1-4H3;(H,3,4)(H,5,6). The van der Waals surface area contributed by atoms with Gasteiger partial charge < -0.3 is 20.5 Å². The fraction of sp³-hybridized carbons (Fsp3) is 0.818. The molecule has 0 aliphatic carbocycles. The van der Waals surface area contributed by atoms with E-state index in [4.69, 9.17) is 19.8 Å². The van der Waals surface area contributed by atoms with E-state index in [0.717, 1.165) is 0 Å². The molecule has 106 valence electrons. The lowest BCUT2D eigenvalue weighted by Gasteiger charge is -2.50. The lowest BCUT2D eigenvalue weighted by atomic mass is 9.80. The summed E-state index contributed by atoms with van der Waals surface area (Å²) >= 11 is 0. The number of nitrogens with zero attached hydrogens (tertiary/aromatic N) is 1. The maximum absolute atomic E-state index is 9.80. The lowest BCUT2D eigenvalue weighted by Crippen LogP contribution is -2.60. The number of piperidine rings is 1. The number of aliphatic hydroxyl groups excluding tert-OH is 1. The molecule has 0 aromatic carbocycles. The van der Waals surface area contributed by atoms with E-state index in [1.807, 2.05) is 27.7 Å². The highest BCUT2D eigenvalue weighted by Crippen LogP contribution is 2.36. The molecule has 0 atom stereocenters. The first kappa shape index (κ1) is 16.8. The third-order valence-electron chi connectivity index (χ3n) is 2.80. The maximum Gasteiger partial charge on any atom is 0.414 e. The average Bonchev–Trinajstić information content (AvgIpc) is 2.13. The van der Waals surface area contributed by atoms with Gasteiger partial charge >= 0.3 is 11.9 Å². The van der Waals surface area contributed by atoms with Crippen molar-refractivity contribution < 1.29 is 30.1 Å². The van der Waals surface area contributed by atoms with E-state index in [2.05, 4.69) is 0 Å². The van der Waals surface area contributed by atoms with Gasteiger partial charge in [-0.3, -0.25) is 0 Å². The zero-order chi connectivity index (χ0) is 14.7. The maximum atomic E-state index is 9.80. The minimum absolute atomic E-state index is 0.293. The summed E-state index contributed by atoms with van der Waals surface area (Å²) in [7, 11) is 0. The zero-order valence-electron chi connectivity index (χ0n) is 11.0. The van der Waals surface area contributed by atoms with Gasteiger partial charge in [0.15, 0.2) is 0 Å². The van der Waals surface area contributed by atoms with E-state index in [-0.39, 0.29) is 17.2 Å². The van der Waals surface area contributed by atoms with E-state index in [1.165, 1.54) is 5.06 Å². The minimum atomic E-state index is -1.82. The Bertz CT molecular complexity index is 295. The van der Waals surface area contributed by atoms with Crippen LogP contribution in [0.25, 0.3) is 0 Å². The van der Waals surface area contributed by atoms with Crippen molar-refractivity contribution in [3.8, 4) is 0 Å². The largest absolute Gasteiger partial charge is 0.473 e. The summed E-state index contributed by atoms with van der Waals surface area (Å²) in [6.07, 6.45) is 0.971. The number of carboxylic acid groups (broad SMARTS) is 2. The van der Waals surface area contributed by atoms with Crippen LogP contribution in [-0.2, 0) is 9.59 Å². The fourth-order valence-electron chi connectivity index (χ4n) is 2.22. The lowest BCUT2D eigenvalue weighted by molar-refractivity contribution is -0.257. The first-order valence-corrected chi connectivity index (χ1v) is 5.53. The highest BCUT2D eigenvalue weighted by molar-refractivity contribution is 6.27. The Kier molecular flexibility index (Phi) is 5.27. The minimum Gasteiger partial charge on any atom is -0.473 e. The highest BCUT2D eigenvalue weighted by Gasteiger charge is 2.44. The topological polar surface area (TPSA) is 118 Å². The van der Waals surface area contributed by atoms with Gasteiger partial charge in [0, 0.05) is 11.1 Å². The van der Waals surface area contributed by atoms with E-state index < -0.39 is 11.9 Å². The van der Waals surface area contributed by atoms with Crippen LogP contribution < -0.4 is 0 Å². The fourth-order valence-corrected chi connectivity index (χ4v) is 2.22. The van der Waals surface area contributed by atoms with E-state index in [0.29, 0.717) is 12.8 Å². The predicted molar refractivity (Wildman–Crippen MR) is 62.3 cm³/mol. The van der Waals surface area contributed by atoms with Crippen LogP contribution in [0.5, 0.6) is 0 Å². The van der Waals surface area contributed by atoms with Crippen molar-refractivity contribution in [1.29, 1.82) is 0 Å². The van der Waals surface area contributed by atoms with Crippen LogP contribution >= 0.6 is 0 Å². The number of rotatable bonds is 0. The molecule has 18 heavy (non-hydrogen) atoms. The first-order valence-electron chi connectivity index (χ1n) is 5.53. The molecule has 1 heterocycles. The van der Waals surface area contributed by atoms with Crippen molar-refractivity contribution >= 4 is 11.9 Å². The molecule has 1 aliphatic heterocycles. The van der Waals surface area contributed by atoms with Gasteiger partial charge in [-0.15, -0.1) is 0 Å². The van der Waals surface area contributed by atoms with Gasteiger partial charge in [0.2, 0.25) is 0 Å². The molecule has 4 N–H and O–H groups in total. The van der Waals surface area contributed by atoms with Crippen LogP contribution in [0, 0.1) is 0 Å². The average molecular weight is 263 g/mol. The van der Waals surface area contributed by atoms with Gasteiger partial charge in [0.1, 0.15) is 0 Å². The quantitative estimate of drug-likeness (QED) is 0.471. The summed E-state index contributed by atoms with van der Waals surface area (Å²) in [4.78, 5) is 18.2. The van der Waals surface area contributed by atoms with Gasteiger partial charge in [0.05, 0.1) is 6.10 Å².